The second-order valence-corrected chi connectivity index (χ2v) is 5.10. The third-order valence-electron chi connectivity index (χ3n) is 2.25. The maximum absolute atomic E-state index is 12.3. The SMILES string of the molecule is O=S(=O)(Oc1cccc2c1NC=CC=C2)C(F)(F)F. The van der Waals surface area contributed by atoms with Crippen LogP contribution in [0.4, 0.5) is 18.9 Å². The van der Waals surface area contributed by atoms with Gasteiger partial charge in [-0.2, -0.15) is 21.6 Å². The molecular weight excluding hydrogens is 283 g/mol. The van der Waals surface area contributed by atoms with E-state index in [1.165, 1.54) is 12.3 Å². The molecule has 0 unspecified atom stereocenters. The average Bonchev–Trinajstić information content (AvgIpc) is 2.52. The van der Waals surface area contributed by atoms with Crippen molar-refractivity contribution >= 4 is 21.9 Å². The van der Waals surface area contributed by atoms with Gasteiger partial charge < -0.3 is 9.50 Å². The van der Waals surface area contributed by atoms with Gasteiger partial charge in [-0.1, -0.05) is 24.3 Å². The van der Waals surface area contributed by atoms with Gasteiger partial charge in [-0.3, -0.25) is 0 Å². The molecule has 1 aromatic rings. The largest absolute Gasteiger partial charge is 0.534 e. The first-order valence-electron chi connectivity index (χ1n) is 5.05. The van der Waals surface area contributed by atoms with E-state index in [1.807, 2.05) is 0 Å². The number of anilines is 1. The van der Waals surface area contributed by atoms with Crippen LogP contribution in [0.5, 0.6) is 5.75 Å². The molecule has 0 amide bonds. The van der Waals surface area contributed by atoms with Crippen molar-refractivity contribution in [2.75, 3.05) is 5.32 Å². The van der Waals surface area contributed by atoms with Crippen LogP contribution in [-0.4, -0.2) is 13.9 Å². The van der Waals surface area contributed by atoms with Crippen LogP contribution in [-0.2, 0) is 10.1 Å². The Balaban J connectivity index is 2.44. The van der Waals surface area contributed by atoms with E-state index in [9.17, 15) is 21.6 Å². The summed E-state index contributed by atoms with van der Waals surface area (Å²) in [5.74, 6) is -0.411. The second kappa shape index (κ2) is 4.61. The summed E-state index contributed by atoms with van der Waals surface area (Å²) in [4.78, 5) is 0. The zero-order valence-corrected chi connectivity index (χ0v) is 10.1. The zero-order chi connectivity index (χ0) is 14.1. The van der Waals surface area contributed by atoms with Crippen LogP contribution in [0.25, 0.3) is 6.08 Å². The van der Waals surface area contributed by atoms with Gasteiger partial charge in [0.1, 0.15) is 0 Å². The molecule has 0 spiro atoms. The molecule has 1 aliphatic rings. The minimum atomic E-state index is -5.68. The number of rotatable bonds is 2. The normalized spacial score (nSPS) is 14.5. The fraction of sp³-hybridized carbons (Fsp3) is 0.0909. The highest BCUT2D eigenvalue weighted by Crippen LogP contribution is 2.34. The van der Waals surface area contributed by atoms with E-state index in [0.717, 1.165) is 6.07 Å². The standard InChI is InChI=1S/C11H8F3NO3S/c12-11(13,14)19(16,17)18-9-6-3-5-8-4-1-2-7-15-10(8)9/h1-7,15H. The topological polar surface area (TPSA) is 55.4 Å². The summed E-state index contributed by atoms with van der Waals surface area (Å²) in [6.45, 7) is 0. The average molecular weight is 291 g/mol. The van der Waals surface area contributed by atoms with Crippen LogP contribution in [0.15, 0.2) is 36.6 Å². The number of para-hydroxylation sites is 1. The fourth-order valence-corrected chi connectivity index (χ4v) is 1.89. The van der Waals surface area contributed by atoms with Gasteiger partial charge in [0.05, 0.1) is 5.69 Å². The van der Waals surface area contributed by atoms with Gasteiger partial charge in [-0.05, 0) is 12.1 Å². The lowest BCUT2D eigenvalue weighted by molar-refractivity contribution is -0.0499. The highest BCUT2D eigenvalue weighted by molar-refractivity contribution is 7.88. The zero-order valence-electron chi connectivity index (χ0n) is 9.31. The fourth-order valence-electron chi connectivity index (χ4n) is 1.42. The van der Waals surface area contributed by atoms with E-state index >= 15 is 0 Å². The first kappa shape index (κ1) is 13.5. The lowest BCUT2D eigenvalue weighted by Gasteiger charge is -2.14. The number of fused-ring (bicyclic) bond motifs is 1. The minimum absolute atomic E-state index is 0.153. The number of alkyl halides is 3. The molecule has 1 N–H and O–H groups in total. The Bertz CT molecular complexity index is 648. The van der Waals surface area contributed by atoms with Crippen molar-refractivity contribution in [2.24, 2.45) is 0 Å². The van der Waals surface area contributed by atoms with E-state index in [2.05, 4.69) is 9.50 Å². The maximum Gasteiger partial charge on any atom is 0.534 e. The molecule has 0 saturated carbocycles. The lowest BCUT2D eigenvalue weighted by atomic mass is 10.1. The van der Waals surface area contributed by atoms with Gasteiger partial charge in [-0.25, -0.2) is 0 Å². The van der Waals surface area contributed by atoms with Gasteiger partial charge in [0.15, 0.2) is 5.75 Å². The predicted molar refractivity (Wildman–Crippen MR) is 63.8 cm³/mol. The Hall–Kier alpha value is -1.96. The summed E-state index contributed by atoms with van der Waals surface area (Å²) < 4.78 is 62.9. The van der Waals surface area contributed by atoms with Crippen LogP contribution in [0.3, 0.4) is 0 Å². The summed E-state index contributed by atoms with van der Waals surface area (Å²) in [7, 11) is -5.68. The van der Waals surface area contributed by atoms with Crippen molar-refractivity contribution in [1.82, 2.24) is 0 Å². The van der Waals surface area contributed by atoms with E-state index in [1.54, 1.807) is 24.3 Å². The van der Waals surface area contributed by atoms with Crippen LogP contribution < -0.4 is 9.50 Å². The van der Waals surface area contributed by atoms with E-state index in [4.69, 9.17) is 0 Å². The second-order valence-electron chi connectivity index (χ2n) is 3.57. The Morgan fingerprint density at radius 2 is 1.89 bits per heavy atom. The maximum atomic E-state index is 12.3. The van der Waals surface area contributed by atoms with Crippen LogP contribution in [0.2, 0.25) is 0 Å². The van der Waals surface area contributed by atoms with Gasteiger partial charge in [0.25, 0.3) is 0 Å². The van der Waals surface area contributed by atoms with Crippen molar-refractivity contribution in [3.63, 3.8) is 0 Å². The molecule has 102 valence electrons. The van der Waals surface area contributed by atoms with Gasteiger partial charge >= 0.3 is 15.6 Å². The van der Waals surface area contributed by atoms with Crippen molar-refractivity contribution < 1.29 is 25.8 Å². The summed E-state index contributed by atoms with van der Waals surface area (Å²) >= 11 is 0. The molecule has 0 saturated heterocycles. The molecule has 0 fully saturated rings. The highest BCUT2D eigenvalue weighted by Gasteiger charge is 2.48. The Labute approximate surface area is 107 Å². The van der Waals surface area contributed by atoms with E-state index in [-0.39, 0.29) is 5.69 Å². The summed E-state index contributed by atoms with van der Waals surface area (Å²) in [5, 5.41) is 2.67. The molecule has 0 atom stereocenters. The van der Waals surface area contributed by atoms with Crippen molar-refractivity contribution in [2.45, 2.75) is 5.51 Å². The van der Waals surface area contributed by atoms with Gasteiger partial charge in [-0.15, -0.1) is 0 Å². The number of allylic oxidation sites excluding steroid dienone is 2. The molecule has 0 aromatic heterocycles. The van der Waals surface area contributed by atoms with Crippen LogP contribution >= 0.6 is 0 Å². The van der Waals surface area contributed by atoms with E-state index < -0.39 is 21.4 Å². The molecule has 1 heterocycles. The molecule has 0 radical (unpaired) electrons. The summed E-state index contributed by atoms with van der Waals surface area (Å²) in [6.07, 6.45) is 6.33. The molecule has 8 heteroatoms. The quantitative estimate of drug-likeness (QED) is 0.672. The third-order valence-corrected chi connectivity index (χ3v) is 3.22. The number of hydrogen-bond acceptors (Lipinski definition) is 4. The summed E-state index contributed by atoms with van der Waals surface area (Å²) in [6, 6.07) is 4.15. The first-order chi connectivity index (χ1) is 8.81. The molecular formula is C11H8F3NO3S. The minimum Gasteiger partial charge on any atom is -0.374 e. The molecule has 1 aromatic carbocycles. The van der Waals surface area contributed by atoms with Crippen molar-refractivity contribution in [3.8, 4) is 5.75 Å². The molecule has 0 bridgehead atoms. The van der Waals surface area contributed by atoms with Crippen molar-refractivity contribution in [3.05, 3.63) is 42.1 Å². The van der Waals surface area contributed by atoms with E-state index in [0.29, 0.717) is 5.56 Å². The molecule has 2 rings (SSSR count). The highest BCUT2D eigenvalue weighted by atomic mass is 32.2. The van der Waals surface area contributed by atoms with Gasteiger partial charge in [0, 0.05) is 11.8 Å². The Kier molecular flexibility index (Phi) is 3.27. The monoisotopic (exact) mass is 291 g/mol. The lowest BCUT2D eigenvalue weighted by Crippen LogP contribution is -2.28. The molecule has 0 aliphatic carbocycles. The number of benzene rings is 1. The van der Waals surface area contributed by atoms with Gasteiger partial charge in [0.2, 0.25) is 0 Å². The van der Waals surface area contributed by atoms with Crippen molar-refractivity contribution in [1.29, 1.82) is 0 Å². The van der Waals surface area contributed by atoms with Crippen LogP contribution in [0, 0.1) is 0 Å². The third kappa shape index (κ3) is 2.73. The molecule has 4 nitrogen and oxygen atoms in total. The molecule has 1 aliphatic heterocycles. The Morgan fingerprint density at radius 3 is 2.58 bits per heavy atom. The summed E-state index contributed by atoms with van der Waals surface area (Å²) in [5.41, 5.74) is -4.80. The smallest absolute Gasteiger partial charge is 0.374 e. The number of nitrogens with one attached hydrogen (secondary N) is 1. The van der Waals surface area contributed by atoms with Crippen LogP contribution in [0.1, 0.15) is 5.56 Å². The predicted octanol–water partition coefficient (Wildman–Crippen LogP) is 2.87. The molecule has 19 heavy (non-hydrogen) atoms. The number of hydrogen-bond donors (Lipinski definition) is 1. The Morgan fingerprint density at radius 1 is 1.16 bits per heavy atom. The number of halogens is 3. The first-order valence-corrected chi connectivity index (χ1v) is 6.45.